The van der Waals surface area contributed by atoms with Crippen molar-refractivity contribution in [3.05, 3.63) is 0 Å². The van der Waals surface area contributed by atoms with E-state index in [0.717, 1.165) is 12.5 Å². The molecule has 2 aliphatic rings. The Bertz CT molecular complexity index is 223. The van der Waals surface area contributed by atoms with Crippen molar-refractivity contribution >= 4 is 0 Å². The molecule has 2 unspecified atom stereocenters. The Labute approximate surface area is 100.0 Å². The summed E-state index contributed by atoms with van der Waals surface area (Å²) in [5, 5.41) is 0. The van der Waals surface area contributed by atoms with E-state index in [-0.39, 0.29) is 0 Å². The summed E-state index contributed by atoms with van der Waals surface area (Å²) >= 11 is 0. The lowest BCUT2D eigenvalue weighted by molar-refractivity contribution is 0.0395. The van der Waals surface area contributed by atoms with Gasteiger partial charge < -0.3 is 10.6 Å². The molecule has 0 bridgehead atoms. The summed E-state index contributed by atoms with van der Waals surface area (Å²) in [4.78, 5) is 5.22. The first-order valence-corrected chi connectivity index (χ1v) is 6.87. The average Bonchev–Trinajstić information content (AvgIpc) is 2.72. The van der Waals surface area contributed by atoms with E-state index in [2.05, 4.69) is 23.6 Å². The van der Waals surface area contributed by atoms with Gasteiger partial charge in [-0.3, -0.25) is 4.90 Å². The molecular formula is C13H27N3. The maximum atomic E-state index is 6.07. The predicted molar refractivity (Wildman–Crippen MR) is 68.5 cm³/mol. The van der Waals surface area contributed by atoms with Crippen LogP contribution in [-0.2, 0) is 0 Å². The first-order chi connectivity index (χ1) is 7.70. The van der Waals surface area contributed by atoms with Gasteiger partial charge in [0.1, 0.15) is 0 Å². The van der Waals surface area contributed by atoms with Crippen LogP contribution < -0.4 is 5.73 Å². The second kappa shape index (κ2) is 5.03. The molecular weight excluding hydrogens is 198 g/mol. The highest BCUT2D eigenvalue weighted by atomic mass is 15.3. The van der Waals surface area contributed by atoms with E-state index in [0.29, 0.717) is 5.54 Å². The maximum Gasteiger partial charge on any atom is 0.0335 e. The monoisotopic (exact) mass is 225 g/mol. The molecule has 94 valence electrons. The first kappa shape index (κ1) is 12.3. The number of piperazine rings is 1. The minimum atomic E-state index is 0.346. The normalized spacial score (nSPS) is 38.1. The third kappa shape index (κ3) is 2.27. The zero-order valence-corrected chi connectivity index (χ0v) is 10.9. The van der Waals surface area contributed by atoms with Crippen molar-refractivity contribution < 1.29 is 0 Å². The van der Waals surface area contributed by atoms with Gasteiger partial charge in [-0.05, 0) is 31.7 Å². The van der Waals surface area contributed by atoms with Gasteiger partial charge in [0.25, 0.3) is 0 Å². The molecule has 2 atom stereocenters. The van der Waals surface area contributed by atoms with E-state index in [9.17, 15) is 0 Å². The highest BCUT2D eigenvalue weighted by Gasteiger charge is 2.41. The van der Waals surface area contributed by atoms with Gasteiger partial charge in [-0.15, -0.1) is 0 Å². The summed E-state index contributed by atoms with van der Waals surface area (Å²) in [6, 6.07) is 0. The molecule has 1 heterocycles. The Morgan fingerprint density at radius 2 is 1.94 bits per heavy atom. The Kier molecular flexibility index (Phi) is 3.88. The van der Waals surface area contributed by atoms with Gasteiger partial charge >= 0.3 is 0 Å². The van der Waals surface area contributed by atoms with E-state index in [1.165, 1.54) is 52.0 Å². The van der Waals surface area contributed by atoms with Crippen LogP contribution in [0.2, 0.25) is 0 Å². The van der Waals surface area contributed by atoms with Gasteiger partial charge in [0.05, 0.1) is 0 Å². The number of likely N-dealkylation sites (N-methyl/N-ethyl adjacent to an activating group) is 1. The number of hydrogen-bond acceptors (Lipinski definition) is 3. The van der Waals surface area contributed by atoms with E-state index >= 15 is 0 Å². The molecule has 1 aliphatic heterocycles. The molecule has 3 heteroatoms. The van der Waals surface area contributed by atoms with Crippen molar-refractivity contribution in [2.24, 2.45) is 11.7 Å². The van der Waals surface area contributed by atoms with Gasteiger partial charge in [0, 0.05) is 38.3 Å². The smallest absolute Gasteiger partial charge is 0.0335 e. The minimum absolute atomic E-state index is 0.346. The lowest BCUT2D eigenvalue weighted by Crippen LogP contribution is -2.59. The van der Waals surface area contributed by atoms with Crippen LogP contribution in [0, 0.1) is 5.92 Å². The summed E-state index contributed by atoms with van der Waals surface area (Å²) in [6.45, 7) is 11.6. The highest BCUT2D eigenvalue weighted by Crippen LogP contribution is 2.38. The van der Waals surface area contributed by atoms with E-state index in [1.807, 2.05) is 0 Å². The molecule has 2 N–H and O–H groups in total. The van der Waals surface area contributed by atoms with Gasteiger partial charge in [-0.2, -0.15) is 0 Å². The third-order valence-electron chi connectivity index (χ3n) is 4.70. The second-order valence-corrected chi connectivity index (χ2v) is 5.70. The molecule has 3 nitrogen and oxygen atoms in total. The van der Waals surface area contributed by atoms with Crippen LogP contribution in [0.5, 0.6) is 0 Å². The van der Waals surface area contributed by atoms with Gasteiger partial charge in [-0.25, -0.2) is 0 Å². The number of hydrogen-bond donors (Lipinski definition) is 1. The summed E-state index contributed by atoms with van der Waals surface area (Å²) in [5.74, 6) is 0.868. The molecule has 0 aromatic carbocycles. The highest BCUT2D eigenvalue weighted by molar-refractivity contribution is 4.99. The molecule has 2 fully saturated rings. The van der Waals surface area contributed by atoms with Crippen molar-refractivity contribution in [1.29, 1.82) is 0 Å². The van der Waals surface area contributed by atoms with Crippen LogP contribution in [0.3, 0.4) is 0 Å². The quantitative estimate of drug-likeness (QED) is 0.782. The van der Waals surface area contributed by atoms with Crippen LogP contribution >= 0.6 is 0 Å². The lowest BCUT2D eigenvalue weighted by Gasteiger charge is -2.45. The summed E-state index contributed by atoms with van der Waals surface area (Å²) in [7, 11) is 0. The molecule has 16 heavy (non-hydrogen) atoms. The van der Waals surface area contributed by atoms with Crippen molar-refractivity contribution in [1.82, 2.24) is 9.80 Å². The Morgan fingerprint density at radius 3 is 2.38 bits per heavy atom. The zero-order chi connectivity index (χ0) is 11.6. The largest absolute Gasteiger partial charge is 0.329 e. The van der Waals surface area contributed by atoms with E-state index in [1.54, 1.807) is 0 Å². The molecule has 0 radical (unpaired) electrons. The fraction of sp³-hybridized carbons (Fsp3) is 1.00. The standard InChI is InChI=1S/C13H27N3/c1-3-15-6-8-16(9-7-15)13(11-14)5-4-12(2)10-13/h12H,3-11,14H2,1-2H3. The maximum absolute atomic E-state index is 6.07. The fourth-order valence-corrected chi connectivity index (χ4v) is 3.51. The van der Waals surface area contributed by atoms with Gasteiger partial charge in [-0.1, -0.05) is 13.8 Å². The Hall–Kier alpha value is -0.120. The number of nitrogens with zero attached hydrogens (tertiary/aromatic N) is 2. The average molecular weight is 225 g/mol. The van der Waals surface area contributed by atoms with Crippen molar-refractivity contribution in [3.8, 4) is 0 Å². The van der Waals surface area contributed by atoms with E-state index < -0.39 is 0 Å². The van der Waals surface area contributed by atoms with Gasteiger partial charge in [0.2, 0.25) is 0 Å². The van der Waals surface area contributed by atoms with Crippen LogP contribution in [0.15, 0.2) is 0 Å². The SMILES string of the molecule is CCN1CCN(C2(CN)CCC(C)C2)CC1. The predicted octanol–water partition coefficient (Wildman–Crippen LogP) is 1.14. The second-order valence-electron chi connectivity index (χ2n) is 5.70. The molecule has 0 aromatic heterocycles. The van der Waals surface area contributed by atoms with Crippen molar-refractivity contribution in [3.63, 3.8) is 0 Å². The van der Waals surface area contributed by atoms with Crippen LogP contribution in [0.4, 0.5) is 0 Å². The van der Waals surface area contributed by atoms with Crippen LogP contribution in [-0.4, -0.2) is 54.6 Å². The molecule has 0 spiro atoms. The summed E-state index contributed by atoms with van der Waals surface area (Å²) < 4.78 is 0. The number of nitrogens with two attached hydrogens (primary N) is 1. The third-order valence-corrected chi connectivity index (χ3v) is 4.70. The van der Waals surface area contributed by atoms with E-state index in [4.69, 9.17) is 5.73 Å². The zero-order valence-electron chi connectivity index (χ0n) is 10.9. The Balaban J connectivity index is 1.96. The fourth-order valence-electron chi connectivity index (χ4n) is 3.51. The minimum Gasteiger partial charge on any atom is -0.329 e. The number of rotatable bonds is 3. The molecule has 2 rings (SSSR count). The van der Waals surface area contributed by atoms with Gasteiger partial charge in [0.15, 0.2) is 0 Å². The van der Waals surface area contributed by atoms with Crippen LogP contribution in [0.25, 0.3) is 0 Å². The van der Waals surface area contributed by atoms with Crippen LogP contribution in [0.1, 0.15) is 33.1 Å². The first-order valence-electron chi connectivity index (χ1n) is 6.87. The molecule has 0 amide bonds. The summed E-state index contributed by atoms with van der Waals surface area (Å²) in [5.41, 5.74) is 6.42. The molecule has 1 saturated carbocycles. The topological polar surface area (TPSA) is 32.5 Å². The summed E-state index contributed by atoms with van der Waals surface area (Å²) in [6.07, 6.45) is 4.00. The van der Waals surface area contributed by atoms with Crippen molar-refractivity contribution in [2.75, 3.05) is 39.3 Å². The lowest BCUT2D eigenvalue weighted by atomic mass is 9.93. The Morgan fingerprint density at radius 1 is 1.25 bits per heavy atom. The van der Waals surface area contributed by atoms with Crippen molar-refractivity contribution in [2.45, 2.75) is 38.6 Å². The molecule has 1 aliphatic carbocycles. The molecule has 1 saturated heterocycles. The molecule has 0 aromatic rings.